The molecule has 0 bridgehead atoms. The fraction of sp³-hybridized carbons (Fsp3) is 0.389. The van der Waals surface area contributed by atoms with Crippen LogP contribution in [0.3, 0.4) is 0 Å². The van der Waals surface area contributed by atoms with E-state index in [0.717, 1.165) is 55.8 Å². The van der Waals surface area contributed by atoms with E-state index in [-0.39, 0.29) is 0 Å². The highest BCUT2D eigenvalue weighted by molar-refractivity contribution is 5.72. The highest BCUT2D eigenvalue weighted by Crippen LogP contribution is 2.36. The average Bonchev–Trinajstić information content (AvgIpc) is 2.55. The van der Waals surface area contributed by atoms with Crippen LogP contribution in [0.4, 0.5) is 0 Å². The van der Waals surface area contributed by atoms with E-state index in [9.17, 15) is 0 Å². The number of nitrogens with one attached hydrogen (secondary N) is 1. The van der Waals surface area contributed by atoms with E-state index < -0.39 is 0 Å². The molecule has 2 heterocycles. The molecule has 2 aromatic rings. The van der Waals surface area contributed by atoms with E-state index in [1.54, 1.807) is 0 Å². The number of ether oxygens (including phenoxy) is 1. The van der Waals surface area contributed by atoms with Crippen molar-refractivity contribution in [1.82, 2.24) is 10.3 Å². The van der Waals surface area contributed by atoms with Gasteiger partial charge in [-0.25, -0.2) is 0 Å². The summed E-state index contributed by atoms with van der Waals surface area (Å²) in [6.45, 7) is 4.89. The van der Waals surface area contributed by atoms with Gasteiger partial charge in [0, 0.05) is 30.1 Å². The second-order valence-electron chi connectivity index (χ2n) is 5.50. The van der Waals surface area contributed by atoms with Crippen molar-refractivity contribution < 1.29 is 4.74 Å². The molecule has 0 atom stereocenters. The molecule has 1 aromatic heterocycles. The molecule has 0 aliphatic carbocycles. The number of nitrogens with zero attached hydrogens (tertiary/aromatic N) is 1. The van der Waals surface area contributed by atoms with E-state index in [4.69, 9.17) is 4.74 Å². The number of aromatic nitrogens is 1. The second-order valence-corrected chi connectivity index (χ2v) is 5.50. The van der Waals surface area contributed by atoms with Gasteiger partial charge in [-0.1, -0.05) is 25.1 Å². The summed E-state index contributed by atoms with van der Waals surface area (Å²) < 4.78 is 5.90. The summed E-state index contributed by atoms with van der Waals surface area (Å²) in [5.41, 5.74) is 4.84. The van der Waals surface area contributed by atoms with Crippen LogP contribution >= 0.6 is 0 Å². The Morgan fingerprint density at radius 3 is 3.14 bits per heavy atom. The van der Waals surface area contributed by atoms with Crippen LogP contribution in [0.1, 0.15) is 30.9 Å². The van der Waals surface area contributed by atoms with Gasteiger partial charge in [0.15, 0.2) is 0 Å². The Morgan fingerprint density at radius 1 is 1.29 bits per heavy atom. The third-order valence-electron chi connectivity index (χ3n) is 3.80. The minimum atomic E-state index is 0.815. The van der Waals surface area contributed by atoms with Crippen molar-refractivity contribution in [2.45, 2.75) is 32.7 Å². The van der Waals surface area contributed by atoms with E-state index in [1.807, 2.05) is 12.4 Å². The molecule has 0 amide bonds. The Labute approximate surface area is 126 Å². The minimum Gasteiger partial charge on any atom is -0.493 e. The van der Waals surface area contributed by atoms with Crippen LogP contribution in [-0.2, 0) is 13.0 Å². The largest absolute Gasteiger partial charge is 0.493 e. The molecule has 1 aromatic carbocycles. The van der Waals surface area contributed by atoms with Crippen molar-refractivity contribution in [2.24, 2.45) is 0 Å². The average molecular weight is 282 g/mol. The Kier molecular flexibility index (Phi) is 4.51. The zero-order chi connectivity index (χ0) is 14.5. The number of hydrogen-bond acceptors (Lipinski definition) is 3. The lowest BCUT2D eigenvalue weighted by molar-refractivity contribution is 0.289. The lowest BCUT2D eigenvalue weighted by Crippen LogP contribution is -2.14. The van der Waals surface area contributed by atoms with E-state index in [0.29, 0.717) is 0 Å². The third-order valence-corrected chi connectivity index (χ3v) is 3.80. The van der Waals surface area contributed by atoms with Crippen LogP contribution in [0.15, 0.2) is 36.7 Å². The van der Waals surface area contributed by atoms with Gasteiger partial charge in [-0.2, -0.15) is 0 Å². The van der Waals surface area contributed by atoms with Crippen molar-refractivity contribution in [3.63, 3.8) is 0 Å². The summed E-state index contributed by atoms with van der Waals surface area (Å²) in [5.74, 6) is 1.05. The summed E-state index contributed by atoms with van der Waals surface area (Å²) in [6.07, 6.45) is 7.22. The quantitative estimate of drug-likeness (QED) is 0.851. The molecule has 0 fully saturated rings. The zero-order valence-corrected chi connectivity index (χ0v) is 12.6. The Balaban J connectivity index is 1.88. The minimum absolute atomic E-state index is 0.815. The molecule has 3 nitrogen and oxygen atoms in total. The Morgan fingerprint density at radius 2 is 2.24 bits per heavy atom. The molecule has 1 aliphatic heterocycles. The van der Waals surface area contributed by atoms with Gasteiger partial charge in [0.1, 0.15) is 5.75 Å². The van der Waals surface area contributed by atoms with Crippen molar-refractivity contribution in [3.05, 3.63) is 47.8 Å². The number of aryl methyl sites for hydroxylation is 1. The summed E-state index contributed by atoms with van der Waals surface area (Å²) in [7, 11) is 0. The first-order valence-electron chi connectivity index (χ1n) is 7.78. The maximum atomic E-state index is 5.90. The Bertz CT molecular complexity index is 610. The number of para-hydroxylation sites is 1. The first-order valence-corrected chi connectivity index (χ1v) is 7.78. The van der Waals surface area contributed by atoms with Crippen LogP contribution < -0.4 is 10.1 Å². The lowest BCUT2D eigenvalue weighted by Gasteiger charge is -2.20. The van der Waals surface area contributed by atoms with Gasteiger partial charge in [-0.05, 0) is 43.0 Å². The lowest BCUT2D eigenvalue weighted by atomic mass is 9.98. The maximum Gasteiger partial charge on any atom is 0.130 e. The fourth-order valence-electron chi connectivity index (χ4n) is 2.76. The molecule has 3 rings (SSSR count). The third kappa shape index (κ3) is 3.24. The molecule has 0 saturated heterocycles. The monoisotopic (exact) mass is 282 g/mol. The first kappa shape index (κ1) is 14.1. The smallest absolute Gasteiger partial charge is 0.130 e. The molecular weight excluding hydrogens is 260 g/mol. The molecule has 21 heavy (non-hydrogen) atoms. The van der Waals surface area contributed by atoms with Crippen LogP contribution in [0.25, 0.3) is 11.1 Å². The second kappa shape index (κ2) is 6.72. The van der Waals surface area contributed by atoms with Crippen molar-refractivity contribution >= 4 is 0 Å². The normalized spacial score (nSPS) is 13.6. The highest BCUT2D eigenvalue weighted by Gasteiger charge is 2.15. The van der Waals surface area contributed by atoms with Gasteiger partial charge in [0.25, 0.3) is 0 Å². The number of benzene rings is 1. The number of fused-ring (bicyclic) bond motifs is 1. The summed E-state index contributed by atoms with van der Waals surface area (Å²) >= 11 is 0. The molecule has 0 unspecified atom stereocenters. The van der Waals surface area contributed by atoms with Gasteiger partial charge < -0.3 is 10.1 Å². The standard InChI is InChI=1S/C18H22N2O/c1-2-8-19-11-14-10-16(13-20-12-14)17-7-3-5-15-6-4-9-21-18(15)17/h3,5,7,10,12-13,19H,2,4,6,8-9,11H2,1H3. The zero-order valence-electron chi connectivity index (χ0n) is 12.6. The molecule has 0 spiro atoms. The molecule has 0 radical (unpaired) electrons. The molecule has 0 saturated carbocycles. The predicted molar refractivity (Wildman–Crippen MR) is 85.5 cm³/mol. The van der Waals surface area contributed by atoms with Crippen LogP contribution in [0, 0.1) is 0 Å². The first-order chi connectivity index (χ1) is 10.4. The van der Waals surface area contributed by atoms with E-state index in [2.05, 4.69) is 41.5 Å². The number of pyridine rings is 1. The predicted octanol–water partition coefficient (Wildman–Crippen LogP) is 3.57. The molecule has 3 heteroatoms. The van der Waals surface area contributed by atoms with Crippen LogP contribution in [-0.4, -0.2) is 18.1 Å². The fourth-order valence-corrected chi connectivity index (χ4v) is 2.76. The van der Waals surface area contributed by atoms with Gasteiger partial charge in [0.2, 0.25) is 0 Å². The van der Waals surface area contributed by atoms with Gasteiger partial charge >= 0.3 is 0 Å². The number of rotatable bonds is 5. The van der Waals surface area contributed by atoms with Crippen LogP contribution in [0.5, 0.6) is 5.75 Å². The molecule has 110 valence electrons. The van der Waals surface area contributed by atoms with Crippen LogP contribution in [0.2, 0.25) is 0 Å². The van der Waals surface area contributed by atoms with Gasteiger partial charge in [0.05, 0.1) is 6.61 Å². The Hall–Kier alpha value is -1.87. The number of hydrogen-bond donors (Lipinski definition) is 1. The van der Waals surface area contributed by atoms with E-state index >= 15 is 0 Å². The summed E-state index contributed by atoms with van der Waals surface area (Å²) in [4.78, 5) is 4.39. The molecular formula is C18H22N2O. The van der Waals surface area contributed by atoms with Gasteiger partial charge in [-0.3, -0.25) is 4.98 Å². The SMILES string of the molecule is CCCNCc1cncc(-c2cccc3c2OCCC3)c1. The van der Waals surface area contributed by atoms with Gasteiger partial charge in [-0.15, -0.1) is 0 Å². The highest BCUT2D eigenvalue weighted by atomic mass is 16.5. The topological polar surface area (TPSA) is 34.2 Å². The summed E-state index contributed by atoms with van der Waals surface area (Å²) in [5, 5.41) is 3.42. The van der Waals surface area contributed by atoms with Crippen molar-refractivity contribution in [3.8, 4) is 16.9 Å². The molecule has 1 N–H and O–H groups in total. The summed E-state index contributed by atoms with van der Waals surface area (Å²) in [6, 6.07) is 8.62. The molecule has 1 aliphatic rings. The van der Waals surface area contributed by atoms with Crippen molar-refractivity contribution in [2.75, 3.05) is 13.2 Å². The maximum absolute atomic E-state index is 5.90. The van der Waals surface area contributed by atoms with E-state index in [1.165, 1.54) is 11.1 Å². The van der Waals surface area contributed by atoms with Crippen molar-refractivity contribution in [1.29, 1.82) is 0 Å².